The van der Waals surface area contributed by atoms with E-state index in [9.17, 15) is 20.5 Å². The highest BCUT2D eigenvalue weighted by Gasteiger charge is 2.21. The average molecular weight is 406 g/mol. The molecule has 0 spiro atoms. The summed E-state index contributed by atoms with van der Waals surface area (Å²) < 4.78 is 0.472. The zero-order chi connectivity index (χ0) is 17.3. The molecule has 0 saturated carbocycles. The van der Waals surface area contributed by atoms with Gasteiger partial charge in [-0.1, -0.05) is 15.9 Å². The Labute approximate surface area is 150 Å². The number of benzene rings is 1. The number of rotatable bonds is 3. The zero-order valence-electron chi connectivity index (χ0n) is 12.5. The molecule has 6 nitrogen and oxygen atoms in total. The van der Waals surface area contributed by atoms with Gasteiger partial charge in [-0.05, 0) is 37.3 Å². The molecule has 0 aliphatic heterocycles. The van der Waals surface area contributed by atoms with Crippen LogP contribution in [0.3, 0.4) is 0 Å². The summed E-state index contributed by atoms with van der Waals surface area (Å²) in [6, 6.07) is 4.99. The summed E-state index contributed by atoms with van der Waals surface area (Å²) in [4.78, 5) is 15.8. The first-order chi connectivity index (χ1) is 11.5. The Morgan fingerprint density at radius 2 is 2.17 bits per heavy atom. The molecule has 0 bridgehead atoms. The topological polar surface area (TPSA) is 99.5 Å². The Morgan fingerprint density at radius 1 is 1.42 bits per heavy atom. The number of aliphatic imine (C=N–C) groups is 1. The van der Waals surface area contributed by atoms with Gasteiger partial charge in [0.25, 0.3) is 0 Å². The van der Waals surface area contributed by atoms with Gasteiger partial charge in [0.1, 0.15) is 11.1 Å². The third-order valence-corrected chi connectivity index (χ3v) is 5.52. The van der Waals surface area contributed by atoms with E-state index in [0.717, 1.165) is 31.2 Å². The first kappa shape index (κ1) is 16.6. The van der Waals surface area contributed by atoms with E-state index in [2.05, 4.69) is 27.0 Å². The number of aromatic hydroxyl groups is 1. The molecular weight excluding hydrogens is 394 g/mol. The number of aryl methyl sites for hydroxylation is 1. The summed E-state index contributed by atoms with van der Waals surface area (Å²) in [7, 11) is 0. The lowest BCUT2D eigenvalue weighted by molar-refractivity contribution is -0.385. The third-order valence-electron chi connectivity index (χ3n) is 3.87. The van der Waals surface area contributed by atoms with Gasteiger partial charge in [-0.3, -0.25) is 10.1 Å². The lowest BCUT2D eigenvalue weighted by Gasteiger charge is -2.09. The van der Waals surface area contributed by atoms with E-state index >= 15 is 0 Å². The number of nitriles is 1. The minimum atomic E-state index is -0.651. The molecule has 24 heavy (non-hydrogen) atoms. The van der Waals surface area contributed by atoms with Crippen molar-refractivity contribution in [3.8, 4) is 11.8 Å². The van der Waals surface area contributed by atoms with E-state index in [1.165, 1.54) is 28.5 Å². The van der Waals surface area contributed by atoms with Gasteiger partial charge in [0.2, 0.25) is 5.75 Å². The maximum atomic E-state index is 11.0. The number of fused-ring (bicyclic) bond motifs is 1. The Kier molecular flexibility index (Phi) is 4.64. The molecule has 2 aromatic rings. The molecule has 122 valence electrons. The molecule has 1 aromatic carbocycles. The van der Waals surface area contributed by atoms with E-state index < -0.39 is 16.4 Å². The highest BCUT2D eigenvalue weighted by molar-refractivity contribution is 9.10. The average Bonchev–Trinajstić information content (AvgIpc) is 2.92. The molecule has 0 amide bonds. The standard InChI is InChI=1S/C16H12BrN3O3S/c17-10-5-9(15(21)13(6-10)20(22)23)8-19-16-12(7-18)11-3-1-2-4-14(11)24-16/h5-6,8,21H,1-4H2. The van der Waals surface area contributed by atoms with Crippen LogP contribution in [0, 0.1) is 21.4 Å². The van der Waals surface area contributed by atoms with Crippen LogP contribution >= 0.6 is 27.3 Å². The van der Waals surface area contributed by atoms with E-state index in [1.54, 1.807) is 6.07 Å². The number of phenolic OH excluding ortho intramolecular Hbond substituents is 1. The largest absolute Gasteiger partial charge is 0.502 e. The molecule has 8 heteroatoms. The Morgan fingerprint density at radius 3 is 2.88 bits per heavy atom. The monoisotopic (exact) mass is 405 g/mol. The van der Waals surface area contributed by atoms with Crippen LogP contribution in [0.5, 0.6) is 5.75 Å². The lowest BCUT2D eigenvalue weighted by Crippen LogP contribution is -1.99. The van der Waals surface area contributed by atoms with Crippen LogP contribution in [-0.4, -0.2) is 16.2 Å². The van der Waals surface area contributed by atoms with Crippen LogP contribution < -0.4 is 0 Å². The maximum Gasteiger partial charge on any atom is 0.312 e. The SMILES string of the molecule is N#Cc1c(N=Cc2cc(Br)cc([N+](=O)[O-])c2O)sc2c1CCCC2. The number of halogens is 1. The van der Waals surface area contributed by atoms with Gasteiger partial charge in [0, 0.05) is 27.2 Å². The molecule has 1 N–H and O–H groups in total. The number of nitro benzene ring substituents is 1. The van der Waals surface area contributed by atoms with Crippen molar-refractivity contribution in [3.63, 3.8) is 0 Å². The normalized spacial score (nSPS) is 13.7. The first-order valence-corrected chi connectivity index (χ1v) is 8.87. The van der Waals surface area contributed by atoms with Crippen molar-refractivity contribution >= 4 is 44.2 Å². The fraction of sp³-hybridized carbons (Fsp3) is 0.250. The molecule has 0 fully saturated rings. The van der Waals surface area contributed by atoms with Gasteiger partial charge < -0.3 is 5.11 Å². The maximum absolute atomic E-state index is 11.0. The highest BCUT2D eigenvalue weighted by Crippen LogP contribution is 2.40. The van der Waals surface area contributed by atoms with Gasteiger partial charge in [0.15, 0.2) is 0 Å². The molecule has 1 aliphatic rings. The van der Waals surface area contributed by atoms with Gasteiger partial charge >= 0.3 is 5.69 Å². The van der Waals surface area contributed by atoms with E-state index in [1.807, 2.05) is 0 Å². The summed E-state index contributed by atoms with van der Waals surface area (Å²) >= 11 is 4.67. The van der Waals surface area contributed by atoms with E-state index in [-0.39, 0.29) is 5.56 Å². The predicted molar refractivity (Wildman–Crippen MR) is 95.4 cm³/mol. The van der Waals surface area contributed by atoms with Gasteiger partial charge in [-0.2, -0.15) is 5.26 Å². The summed E-state index contributed by atoms with van der Waals surface area (Å²) in [6.45, 7) is 0. The summed E-state index contributed by atoms with van der Waals surface area (Å²) in [5.41, 5.74) is 1.49. The van der Waals surface area contributed by atoms with Crippen LogP contribution in [0.2, 0.25) is 0 Å². The number of hydrogen-bond acceptors (Lipinski definition) is 6. The molecule has 0 saturated heterocycles. The van der Waals surface area contributed by atoms with Gasteiger partial charge in [-0.25, -0.2) is 4.99 Å². The van der Waals surface area contributed by atoms with Gasteiger partial charge in [-0.15, -0.1) is 11.3 Å². The Bertz CT molecular complexity index is 899. The number of nitro groups is 1. The van der Waals surface area contributed by atoms with Crippen molar-refractivity contribution in [2.45, 2.75) is 25.7 Å². The van der Waals surface area contributed by atoms with Crippen molar-refractivity contribution in [3.05, 3.63) is 48.3 Å². The molecule has 0 unspecified atom stereocenters. The zero-order valence-corrected chi connectivity index (χ0v) is 14.9. The summed E-state index contributed by atoms with van der Waals surface area (Å²) in [6.07, 6.45) is 5.39. The minimum absolute atomic E-state index is 0.228. The molecule has 3 rings (SSSR count). The summed E-state index contributed by atoms with van der Waals surface area (Å²) in [5, 5.41) is 31.0. The molecule has 1 aliphatic carbocycles. The fourth-order valence-corrected chi connectivity index (χ4v) is 4.38. The Balaban J connectivity index is 2.02. The second-order valence-electron chi connectivity index (χ2n) is 5.38. The smallest absolute Gasteiger partial charge is 0.312 e. The van der Waals surface area contributed by atoms with Crippen molar-refractivity contribution in [2.24, 2.45) is 4.99 Å². The second kappa shape index (κ2) is 6.71. The molecule has 1 heterocycles. The molecular formula is C16H12BrN3O3S. The lowest BCUT2D eigenvalue weighted by atomic mass is 9.96. The predicted octanol–water partition coefficient (Wildman–Crippen LogP) is 4.63. The number of phenols is 1. The van der Waals surface area contributed by atoms with Crippen molar-refractivity contribution in [2.75, 3.05) is 0 Å². The van der Waals surface area contributed by atoms with Crippen LogP contribution in [0.4, 0.5) is 10.7 Å². The molecule has 0 atom stereocenters. The van der Waals surface area contributed by atoms with Gasteiger partial charge in [0.05, 0.1) is 10.5 Å². The summed E-state index contributed by atoms with van der Waals surface area (Å²) in [5.74, 6) is -0.438. The van der Waals surface area contributed by atoms with Crippen molar-refractivity contribution < 1.29 is 10.0 Å². The fourth-order valence-electron chi connectivity index (χ4n) is 2.73. The quantitative estimate of drug-likeness (QED) is 0.457. The third kappa shape index (κ3) is 3.05. The van der Waals surface area contributed by atoms with E-state index in [0.29, 0.717) is 15.0 Å². The van der Waals surface area contributed by atoms with Crippen LogP contribution in [0.1, 0.15) is 34.4 Å². The highest BCUT2D eigenvalue weighted by atomic mass is 79.9. The number of nitrogens with zero attached hydrogens (tertiary/aromatic N) is 3. The van der Waals surface area contributed by atoms with Crippen molar-refractivity contribution in [1.29, 1.82) is 5.26 Å². The number of hydrogen-bond donors (Lipinski definition) is 1. The van der Waals surface area contributed by atoms with Crippen LogP contribution in [0.15, 0.2) is 21.6 Å². The second-order valence-corrected chi connectivity index (χ2v) is 7.38. The van der Waals surface area contributed by atoms with Crippen LogP contribution in [-0.2, 0) is 12.8 Å². The first-order valence-electron chi connectivity index (χ1n) is 7.27. The van der Waals surface area contributed by atoms with Crippen LogP contribution in [0.25, 0.3) is 0 Å². The Hall–Kier alpha value is -2.24. The molecule has 0 radical (unpaired) electrons. The minimum Gasteiger partial charge on any atom is -0.502 e. The van der Waals surface area contributed by atoms with E-state index in [4.69, 9.17) is 0 Å². The number of thiophene rings is 1. The molecule has 1 aromatic heterocycles. The van der Waals surface area contributed by atoms with Crippen molar-refractivity contribution in [1.82, 2.24) is 0 Å².